The van der Waals surface area contributed by atoms with E-state index in [1.54, 1.807) is 62.4 Å². The number of amides is 2. The van der Waals surface area contributed by atoms with Crippen molar-refractivity contribution in [2.24, 2.45) is 0 Å². The Bertz CT molecular complexity index is 832. The lowest BCUT2D eigenvalue weighted by Crippen LogP contribution is -2.40. The lowest BCUT2D eigenvalue weighted by atomic mass is 10.1. The summed E-state index contributed by atoms with van der Waals surface area (Å²) in [7, 11) is 0. The zero-order valence-electron chi connectivity index (χ0n) is 17.9. The Kier molecular flexibility index (Phi) is 9.04. The number of hydrogen-bond acceptors (Lipinski definition) is 5. The van der Waals surface area contributed by atoms with Gasteiger partial charge in [0.25, 0.3) is 11.8 Å². The van der Waals surface area contributed by atoms with Crippen molar-refractivity contribution in [3.8, 4) is 11.8 Å². The summed E-state index contributed by atoms with van der Waals surface area (Å²) in [6, 6.07) is 15.3. The van der Waals surface area contributed by atoms with Crippen LogP contribution in [0.3, 0.4) is 0 Å². The third kappa shape index (κ3) is 5.90. The van der Waals surface area contributed by atoms with Crippen molar-refractivity contribution in [3.05, 3.63) is 65.2 Å². The van der Waals surface area contributed by atoms with Gasteiger partial charge < -0.3 is 4.74 Å². The smallest absolute Gasteiger partial charge is 0.285 e. The number of ether oxygens (including phenoxy) is 1. The predicted molar refractivity (Wildman–Crippen MR) is 111 cm³/mol. The van der Waals surface area contributed by atoms with Crippen molar-refractivity contribution in [1.82, 2.24) is 5.06 Å². The van der Waals surface area contributed by atoms with Crippen LogP contribution in [0.4, 0.5) is 0 Å². The number of nitriles is 1. The molecule has 0 bridgehead atoms. The first-order valence-corrected chi connectivity index (χ1v) is 9.71. The summed E-state index contributed by atoms with van der Waals surface area (Å²) in [6.45, 7) is 11.6. The topological polar surface area (TPSA) is 79.6 Å². The molecule has 1 aliphatic rings. The van der Waals surface area contributed by atoms with Gasteiger partial charge in [-0.3, -0.25) is 14.4 Å². The fourth-order valence-electron chi connectivity index (χ4n) is 2.45. The van der Waals surface area contributed by atoms with E-state index in [2.05, 4.69) is 0 Å². The Morgan fingerprint density at radius 1 is 0.897 bits per heavy atom. The minimum Gasteiger partial charge on any atom is -0.485 e. The summed E-state index contributed by atoms with van der Waals surface area (Å²) >= 11 is 0. The molecule has 6 nitrogen and oxygen atoms in total. The first kappa shape index (κ1) is 23.9. The number of hydrogen-bond donors (Lipinski definition) is 0. The maximum absolute atomic E-state index is 12.3. The number of benzene rings is 2. The minimum absolute atomic E-state index is 0.00152. The fourth-order valence-corrected chi connectivity index (χ4v) is 2.45. The van der Waals surface area contributed by atoms with Crippen LogP contribution in [0.5, 0.6) is 5.75 Å². The van der Waals surface area contributed by atoms with Gasteiger partial charge in [-0.25, -0.2) is 0 Å². The average molecular weight is 396 g/mol. The molecular formula is C23H28N2O4. The molecule has 0 aromatic heterocycles. The number of carbonyl (C=O) groups excluding carboxylic acids is 2. The van der Waals surface area contributed by atoms with Crippen LogP contribution >= 0.6 is 0 Å². The molecule has 1 aliphatic heterocycles. The van der Waals surface area contributed by atoms with Gasteiger partial charge in [0.05, 0.1) is 22.8 Å². The second-order valence-corrected chi connectivity index (χ2v) is 6.22. The summed E-state index contributed by atoms with van der Waals surface area (Å²) in [5.74, 6) is -0.389. The lowest BCUT2D eigenvalue weighted by molar-refractivity contribution is -0.130. The Balaban J connectivity index is 0.000000989. The molecule has 3 rings (SSSR count). The van der Waals surface area contributed by atoms with E-state index in [0.717, 1.165) is 5.06 Å². The van der Waals surface area contributed by atoms with Crippen LogP contribution in [0.2, 0.25) is 0 Å². The Morgan fingerprint density at radius 3 is 1.83 bits per heavy atom. The van der Waals surface area contributed by atoms with E-state index in [9.17, 15) is 9.59 Å². The average Bonchev–Trinajstić information content (AvgIpc) is 3.00. The molecule has 0 N–H and O–H groups in total. The molecule has 0 saturated heterocycles. The van der Waals surface area contributed by atoms with E-state index in [0.29, 0.717) is 22.4 Å². The number of carbonyl (C=O) groups is 2. The van der Waals surface area contributed by atoms with Gasteiger partial charge in [0.15, 0.2) is 0 Å². The van der Waals surface area contributed by atoms with Gasteiger partial charge in [0.2, 0.25) is 0 Å². The molecule has 2 aromatic carbocycles. The molecule has 2 amide bonds. The molecule has 0 aliphatic carbocycles. The minimum atomic E-state index is -0.788. The monoisotopic (exact) mass is 396 g/mol. The van der Waals surface area contributed by atoms with Crippen molar-refractivity contribution in [2.75, 3.05) is 6.61 Å². The molecule has 0 fully saturated rings. The van der Waals surface area contributed by atoms with Gasteiger partial charge in [-0.2, -0.15) is 5.26 Å². The molecule has 2 aromatic rings. The molecule has 0 atom stereocenters. The number of imide groups is 1. The fraction of sp³-hybridized carbons (Fsp3) is 0.348. The first-order chi connectivity index (χ1) is 13.9. The highest BCUT2D eigenvalue weighted by Crippen LogP contribution is 2.25. The molecule has 154 valence electrons. The highest BCUT2D eigenvalue weighted by molar-refractivity contribution is 6.20. The van der Waals surface area contributed by atoms with Crippen molar-refractivity contribution in [2.45, 2.75) is 47.1 Å². The number of fused-ring (bicyclic) bond motifs is 1. The molecule has 0 saturated carbocycles. The van der Waals surface area contributed by atoms with Gasteiger partial charge in [-0.15, -0.1) is 5.06 Å². The van der Waals surface area contributed by atoms with Crippen LogP contribution < -0.4 is 4.74 Å². The summed E-state index contributed by atoms with van der Waals surface area (Å²) < 4.78 is 5.83. The maximum Gasteiger partial charge on any atom is 0.285 e. The second kappa shape index (κ2) is 11.0. The van der Waals surface area contributed by atoms with Gasteiger partial charge >= 0.3 is 0 Å². The van der Waals surface area contributed by atoms with Gasteiger partial charge in [-0.05, 0) is 50.2 Å². The molecular weight excluding hydrogens is 368 g/mol. The quantitative estimate of drug-likeness (QED) is 0.665. The maximum atomic E-state index is 12.3. The number of rotatable bonds is 5. The first-order valence-electron chi connectivity index (χ1n) is 9.71. The van der Waals surface area contributed by atoms with Crippen LogP contribution in [0, 0.1) is 11.3 Å². The lowest BCUT2D eigenvalue weighted by Gasteiger charge is -2.27. The Morgan fingerprint density at radius 2 is 1.38 bits per heavy atom. The van der Waals surface area contributed by atoms with Crippen molar-refractivity contribution >= 4 is 11.8 Å². The van der Waals surface area contributed by atoms with E-state index in [1.807, 2.05) is 33.8 Å². The standard InChI is InChI=1S/C19H16N2O4.2C2H6/c1-19(2,25-14-9-7-13(11-20)8-10-14)12-24-21-17(22)15-5-3-4-6-16(15)18(21)23;2*1-2/h3-10H,12H2,1-2H3;2*1-2H3. The van der Waals surface area contributed by atoms with E-state index in [1.165, 1.54) is 0 Å². The SMILES string of the molecule is CC.CC.CC(C)(CON1C(=O)c2ccccc2C1=O)Oc1ccc(C#N)cc1. The van der Waals surface area contributed by atoms with E-state index < -0.39 is 17.4 Å². The van der Waals surface area contributed by atoms with Gasteiger partial charge in [0.1, 0.15) is 18.0 Å². The van der Waals surface area contributed by atoms with E-state index in [4.69, 9.17) is 14.8 Å². The molecule has 0 spiro atoms. The number of hydroxylamine groups is 2. The van der Waals surface area contributed by atoms with E-state index >= 15 is 0 Å². The van der Waals surface area contributed by atoms with Crippen LogP contribution in [-0.2, 0) is 4.84 Å². The predicted octanol–water partition coefficient (Wildman–Crippen LogP) is 5.00. The van der Waals surface area contributed by atoms with Crippen LogP contribution in [0.25, 0.3) is 0 Å². The van der Waals surface area contributed by atoms with Crippen molar-refractivity contribution in [3.63, 3.8) is 0 Å². The molecule has 0 radical (unpaired) electrons. The summed E-state index contributed by atoms with van der Waals surface area (Å²) in [5.41, 5.74) is 0.410. The van der Waals surface area contributed by atoms with Gasteiger partial charge in [-0.1, -0.05) is 39.8 Å². The van der Waals surface area contributed by atoms with Crippen LogP contribution in [-0.4, -0.2) is 29.1 Å². The van der Waals surface area contributed by atoms with E-state index in [-0.39, 0.29) is 6.61 Å². The summed E-state index contributed by atoms with van der Waals surface area (Å²) in [5, 5.41) is 9.58. The normalized spacial score (nSPS) is 12.1. The largest absolute Gasteiger partial charge is 0.485 e. The zero-order chi connectivity index (χ0) is 22.0. The van der Waals surface area contributed by atoms with Gasteiger partial charge in [0, 0.05) is 0 Å². The molecule has 29 heavy (non-hydrogen) atoms. The molecule has 1 heterocycles. The Hall–Kier alpha value is -3.17. The zero-order valence-corrected chi connectivity index (χ0v) is 17.9. The highest BCUT2D eigenvalue weighted by atomic mass is 16.7. The number of nitrogens with zero attached hydrogens (tertiary/aromatic N) is 2. The third-order valence-corrected chi connectivity index (χ3v) is 3.68. The van der Waals surface area contributed by atoms with Crippen LogP contribution in [0.1, 0.15) is 67.8 Å². The van der Waals surface area contributed by atoms with Crippen molar-refractivity contribution < 1.29 is 19.2 Å². The van der Waals surface area contributed by atoms with Crippen molar-refractivity contribution in [1.29, 1.82) is 5.26 Å². The summed E-state index contributed by atoms with van der Waals surface area (Å²) in [6.07, 6.45) is 0. The highest BCUT2D eigenvalue weighted by Gasteiger charge is 2.37. The summed E-state index contributed by atoms with van der Waals surface area (Å²) in [4.78, 5) is 30.0. The second-order valence-electron chi connectivity index (χ2n) is 6.22. The molecule has 6 heteroatoms. The van der Waals surface area contributed by atoms with Crippen LogP contribution in [0.15, 0.2) is 48.5 Å². The third-order valence-electron chi connectivity index (χ3n) is 3.68. The Labute approximate surface area is 172 Å². The molecule has 0 unspecified atom stereocenters.